The molecule has 1 aromatic rings. The zero-order chi connectivity index (χ0) is 19.0. The van der Waals surface area contributed by atoms with Crippen LogP contribution in [0.3, 0.4) is 0 Å². The van der Waals surface area contributed by atoms with Crippen LogP contribution in [0.1, 0.15) is 32.3 Å². The quantitative estimate of drug-likeness (QED) is 0.332. The van der Waals surface area contributed by atoms with Gasteiger partial charge in [0.05, 0.1) is 25.5 Å². The van der Waals surface area contributed by atoms with Crippen molar-refractivity contribution >= 4 is 39.8 Å². The normalized spacial score (nSPS) is 15.3. The van der Waals surface area contributed by atoms with Gasteiger partial charge in [-0.25, -0.2) is 13.4 Å². The summed E-state index contributed by atoms with van der Waals surface area (Å²) in [5.74, 6) is 2.32. The van der Waals surface area contributed by atoms with Gasteiger partial charge in [0.15, 0.2) is 17.5 Å². The smallest absolute Gasteiger partial charge is 0.191 e. The molecule has 154 valence electrons. The van der Waals surface area contributed by atoms with Crippen LogP contribution in [0.5, 0.6) is 11.5 Å². The zero-order valence-electron chi connectivity index (χ0n) is 16.2. The summed E-state index contributed by atoms with van der Waals surface area (Å²) in [6, 6.07) is 5.82. The molecular formula is C18H30IN3O4S. The third-order valence-corrected chi connectivity index (χ3v) is 4.89. The van der Waals surface area contributed by atoms with Crippen molar-refractivity contribution in [2.75, 3.05) is 31.8 Å². The number of nitrogens with one attached hydrogen (secondary N) is 2. The summed E-state index contributed by atoms with van der Waals surface area (Å²) >= 11 is 0. The standard InChI is InChI=1S/C18H29N3O4S.HI/c1-4-19-18(21-14(2)9-12-26(3,22)23)20-13-15-7-5-8-16-17(15)25-11-6-10-24-16;/h5,7-8,14H,4,6,9-13H2,1-3H3,(H2,19,20,21);1H. The second-order valence-electron chi connectivity index (χ2n) is 6.45. The monoisotopic (exact) mass is 511 g/mol. The SMILES string of the molecule is CCNC(=NCc1cccc2c1OCCCO2)NC(C)CCS(C)(=O)=O.I. The number of nitrogens with zero attached hydrogens (tertiary/aromatic N) is 1. The first kappa shape index (κ1) is 23.8. The summed E-state index contributed by atoms with van der Waals surface area (Å²) in [4.78, 5) is 4.62. The van der Waals surface area contributed by atoms with Crippen molar-refractivity contribution in [2.24, 2.45) is 4.99 Å². The largest absolute Gasteiger partial charge is 0.490 e. The van der Waals surface area contributed by atoms with Gasteiger partial charge < -0.3 is 20.1 Å². The summed E-state index contributed by atoms with van der Waals surface area (Å²) in [5.41, 5.74) is 0.963. The molecule has 2 N–H and O–H groups in total. The highest BCUT2D eigenvalue weighted by atomic mass is 127. The van der Waals surface area contributed by atoms with Crippen molar-refractivity contribution < 1.29 is 17.9 Å². The Hall–Kier alpha value is -1.23. The summed E-state index contributed by atoms with van der Waals surface area (Å²) in [5, 5.41) is 6.45. The Morgan fingerprint density at radius 1 is 1.30 bits per heavy atom. The predicted octanol–water partition coefficient (Wildman–Crippen LogP) is 2.34. The van der Waals surface area contributed by atoms with Gasteiger partial charge in [0.25, 0.3) is 0 Å². The Kier molecular flexibility index (Phi) is 10.2. The molecule has 0 saturated carbocycles. The average Bonchev–Trinajstić information content (AvgIpc) is 2.83. The minimum absolute atomic E-state index is 0. The van der Waals surface area contributed by atoms with Gasteiger partial charge in [0.2, 0.25) is 0 Å². The number of aliphatic imine (C=N–C) groups is 1. The highest BCUT2D eigenvalue weighted by Crippen LogP contribution is 2.33. The lowest BCUT2D eigenvalue weighted by Crippen LogP contribution is -2.42. The number of hydrogen-bond donors (Lipinski definition) is 2. The van der Waals surface area contributed by atoms with Crippen LogP contribution in [0.25, 0.3) is 0 Å². The fourth-order valence-electron chi connectivity index (χ4n) is 2.56. The van der Waals surface area contributed by atoms with Crippen molar-refractivity contribution in [1.29, 1.82) is 0 Å². The number of rotatable bonds is 7. The molecule has 0 saturated heterocycles. The predicted molar refractivity (Wildman–Crippen MR) is 119 cm³/mol. The molecule has 27 heavy (non-hydrogen) atoms. The number of fused-ring (bicyclic) bond motifs is 1. The highest BCUT2D eigenvalue weighted by molar-refractivity contribution is 14.0. The molecule has 0 aromatic heterocycles. The maximum absolute atomic E-state index is 11.3. The molecule has 2 rings (SSSR count). The van der Waals surface area contributed by atoms with E-state index < -0.39 is 9.84 Å². The number of guanidine groups is 1. The first-order valence-corrected chi connectivity index (χ1v) is 11.0. The molecule has 1 aromatic carbocycles. The molecule has 1 unspecified atom stereocenters. The Bertz CT molecular complexity index is 725. The van der Waals surface area contributed by atoms with E-state index in [0.717, 1.165) is 30.0 Å². The van der Waals surface area contributed by atoms with Crippen molar-refractivity contribution in [1.82, 2.24) is 10.6 Å². The molecule has 0 aliphatic carbocycles. The molecule has 9 heteroatoms. The van der Waals surface area contributed by atoms with Crippen LogP contribution < -0.4 is 20.1 Å². The first-order valence-electron chi connectivity index (χ1n) is 8.99. The van der Waals surface area contributed by atoms with Crippen LogP contribution >= 0.6 is 24.0 Å². The number of hydrogen-bond acceptors (Lipinski definition) is 5. The zero-order valence-corrected chi connectivity index (χ0v) is 19.3. The van der Waals surface area contributed by atoms with Gasteiger partial charge in [-0.1, -0.05) is 12.1 Å². The van der Waals surface area contributed by atoms with Gasteiger partial charge in [0.1, 0.15) is 9.84 Å². The second kappa shape index (κ2) is 11.6. The van der Waals surface area contributed by atoms with Gasteiger partial charge in [0, 0.05) is 30.8 Å². The fourth-order valence-corrected chi connectivity index (χ4v) is 3.34. The molecule has 7 nitrogen and oxygen atoms in total. The molecule has 1 heterocycles. The number of benzene rings is 1. The van der Waals surface area contributed by atoms with E-state index in [1.54, 1.807) is 0 Å². The van der Waals surface area contributed by atoms with E-state index in [9.17, 15) is 8.42 Å². The fraction of sp³-hybridized carbons (Fsp3) is 0.611. The van der Waals surface area contributed by atoms with E-state index >= 15 is 0 Å². The summed E-state index contributed by atoms with van der Waals surface area (Å²) < 4.78 is 34.2. The Balaban J connectivity index is 0.00000364. The van der Waals surface area contributed by atoms with E-state index in [-0.39, 0.29) is 35.8 Å². The summed E-state index contributed by atoms with van der Waals surface area (Å²) in [7, 11) is -2.97. The van der Waals surface area contributed by atoms with Gasteiger partial charge in [-0.2, -0.15) is 0 Å². The number of ether oxygens (including phenoxy) is 2. The second-order valence-corrected chi connectivity index (χ2v) is 8.71. The topological polar surface area (TPSA) is 89.0 Å². The van der Waals surface area contributed by atoms with Crippen LogP contribution in [-0.2, 0) is 16.4 Å². The lowest BCUT2D eigenvalue weighted by Gasteiger charge is -2.18. The maximum Gasteiger partial charge on any atom is 0.191 e. The van der Waals surface area contributed by atoms with E-state index in [1.165, 1.54) is 6.26 Å². The lowest BCUT2D eigenvalue weighted by atomic mass is 10.2. The molecule has 1 aliphatic rings. The number of para-hydroxylation sites is 1. The average molecular weight is 511 g/mol. The highest BCUT2D eigenvalue weighted by Gasteiger charge is 2.15. The Morgan fingerprint density at radius 2 is 2.04 bits per heavy atom. The van der Waals surface area contributed by atoms with Crippen LogP contribution in [0, 0.1) is 0 Å². The minimum Gasteiger partial charge on any atom is -0.490 e. The van der Waals surface area contributed by atoms with E-state index in [4.69, 9.17) is 9.47 Å². The van der Waals surface area contributed by atoms with Crippen molar-refractivity contribution in [3.05, 3.63) is 23.8 Å². The van der Waals surface area contributed by atoms with Gasteiger partial charge in [-0.15, -0.1) is 24.0 Å². The summed E-state index contributed by atoms with van der Waals surface area (Å²) in [6.45, 7) is 6.39. The Labute approximate surface area is 179 Å². The van der Waals surface area contributed by atoms with Crippen LogP contribution in [-0.4, -0.2) is 52.2 Å². The lowest BCUT2D eigenvalue weighted by molar-refractivity contribution is 0.296. The molecule has 0 amide bonds. The van der Waals surface area contributed by atoms with E-state index in [0.29, 0.717) is 32.1 Å². The van der Waals surface area contributed by atoms with Crippen LogP contribution in [0.4, 0.5) is 0 Å². The minimum atomic E-state index is -2.97. The third kappa shape index (κ3) is 8.54. The Morgan fingerprint density at radius 3 is 2.74 bits per heavy atom. The summed E-state index contributed by atoms with van der Waals surface area (Å²) in [6.07, 6.45) is 2.64. The molecule has 0 bridgehead atoms. The molecule has 1 aliphatic heterocycles. The van der Waals surface area contributed by atoms with Crippen molar-refractivity contribution in [2.45, 2.75) is 39.3 Å². The molecular weight excluding hydrogens is 481 g/mol. The molecule has 0 spiro atoms. The van der Waals surface area contributed by atoms with E-state index in [1.807, 2.05) is 32.0 Å². The van der Waals surface area contributed by atoms with Crippen LogP contribution in [0.15, 0.2) is 23.2 Å². The van der Waals surface area contributed by atoms with Gasteiger partial charge in [-0.3, -0.25) is 0 Å². The van der Waals surface area contributed by atoms with Gasteiger partial charge in [-0.05, 0) is 26.3 Å². The van der Waals surface area contributed by atoms with Crippen LogP contribution in [0.2, 0.25) is 0 Å². The van der Waals surface area contributed by atoms with Crippen molar-refractivity contribution in [3.63, 3.8) is 0 Å². The van der Waals surface area contributed by atoms with Crippen molar-refractivity contribution in [3.8, 4) is 11.5 Å². The van der Waals surface area contributed by atoms with E-state index in [2.05, 4.69) is 15.6 Å². The maximum atomic E-state index is 11.3. The first-order chi connectivity index (χ1) is 12.4. The molecule has 0 radical (unpaired) electrons. The van der Waals surface area contributed by atoms with Gasteiger partial charge >= 0.3 is 0 Å². The number of sulfone groups is 1. The third-order valence-electron chi connectivity index (χ3n) is 3.91. The molecule has 1 atom stereocenters. The molecule has 0 fully saturated rings. The number of halogens is 1.